The molecular formula is C17H15F2NO3. The number of hydrogen-bond donors (Lipinski definition) is 1. The maximum absolute atomic E-state index is 13.5. The zero-order chi connectivity index (χ0) is 17.0. The van der Waals surface area contributed by atoms with Gasteiger partial charge < -0.3 is 10.1 Å². The molecular weight excluding hydrogens is 304 g/mol. The Kier molecular flexibility index (Phi) is 5.05. The summed E-state index contributed by atoms with van der Waals surface area (Å²) in [6.07, 6.45) is -1.21. The molecule has 0 aliphatic rings. The van der Waals surface area contributed by atoms with Crippen molar-refractivity contribution in [3.63, 3.8) is 0 Å². The normalized spacial score (nSPS) is 11.7. The van der Waals surface area contributed by atoms with Gasteiger partial charge in [0.05, 0.1) is 0 Å². The topological polar surface area (TPSA) is 55.4 Å². The van der Waals surface area contributed by atoms with Crippen molar-refractivity contribution in [3.8, 4) is 0 Å². The quantitative estimate of drug-likeness (QED) is 0.878. The van der Waals surface area contributed by atoms with Crippen molar-refractivity contribution in [3.05, 3.63) is 65.2 Å². The molecule has 0 aromatic heterocycles. The van der Waals surface area contributed by atoms with Crippen LogP contribution < -0.4 is 5.32 Å². The standard InChI is InChI=1S/C17H15F2NO3/c1-10-6-3-4-9-14(10)20-16(21)11(2)23-17(22)15-12(18)7-5-8-13(15)19/h3-9,11H,1-2H3,(H,20,21)/t11-/m1/s1. The third-order valence-electron chi connectivity index (χ3n) is 3.22. The molecule has 2 aromatic rings. The van der Waals surface area contributed by atoms with Gasteiger partial charge in [-0.05, 0) is 37.6 Å². The van der Waals surface area contributed by atoms with Gasteiger partial charge in [-0.3, -0.25) is 4.79 Å². The lowest BCUT2D eigenvalue weighted by molar-refractivity contribution is -0.123. The first kappa shape index (κ1) is 16.6. The lowest BCUT2D eigenvalue weighted by Crippen LogP contribution is -2.30. The molecule has 0 saturated carbocycles. The molecule has 0 saturated heterocycles. The number of amides is 1. The summed E-state index contributed by atoms with van der Waals surface area (Å²) in [7, 11) is 0. The van der Waals surface area contributed by atoms with Crippen LogP contribution in [0.25, 0.3) is 0 Å². The zero-order valence-corrected chi connectivity index (χ0v) is 12.6. The molecule has 2 rings (SSSR count). The van der Waals surface area contributed by atoms with Crippen molar-refractivity contribution in [2.24, 2.45) is 0 Å². The second kappa shape index (κ2) is 7.00. The number of hydrogen-bond acceptors (Lipinski definition) is 3. The smallest absolute Gasteiger partial charge is 0.344 e. The molecule has 1 N–H and O–H groups in total. The van der Waals surface area contributed by atoms with E-state index >= 15 is 0 Å². The fourth-order valence-corrected chi connectivity index (χ4v) is 1.91. The molecule has 6 heteroatoms. The van der Waals surface area contributed by atoms with Gasteiger partial charge in [0.2, 0.25) is 0 Å². The second-order valence-electron chi connectivity index (χ2n) is 4.95. The first-order valence-electron chi connectivity index (χ1n) is 6.91. The molecule has 1 atom stereocenters. The van der Waals surface area contributed by atoms with Crippen LogP contribution in [0.5, 0.6) is 0 Å². The van der Waals surface area contributed by atoms with Gasteiger partial charge in [-0.15, -0.1) is 0 Å². The predicted octanol–water partition coefficient (Wildman–Crippen LogP) is 3.46. The Morgan fingerprint density at radius 3 is 2.26 bits per heavy atom. The molecule has 0 aliphatic heterocycles. The average molecular weight is 319 g/mol. The van der Waals surface area contributed by atoms with E-state index in [1.165, 1.54) is 6.92 Å². The molecule has 0 aliphatic carbocycles. The fourth-order valence-electron chi connectivity index (χ4n) is 1.91. The minimum atomic E-state index is -1.23. The summed E-state index contributed by atoms with van der Waals surface area (Å²) in [5.74, 6) is -3.90. The molecule has 0 radical (unpaired) electrons. The highest BCUT2D eigenvalue weighted by Crippen LogP contribution is 2.16. The number of nitrogens with one attached hydrogen (secondary N) is 1. The van der Waals surface area contributed by atoms with Crippen molar-refractivity contribution < 1.29 is 23.1 Å². The molecule has 2 aromatic carbocycles. The number of halogens is 2. The first-order chi connectivity index (χ1) is 10.9. The van der Waals surface area contributed by atoms with Crippen LogP contribution in [0.1, 0.15) is 22.8 Å². The predicted molar refractivity (Wildman–Crippen MR) is 81.0 cm³/mol. The van der Waals surface area contributed by atoms with Crippen LogP contribution in [0.3, 0.4) is 0 Å². The Hall–Kier alpha value is -2.76. The van der Waals surface area contributed by atoms with Gasteiger partial charge in [0, 0.05) is 5.69 Å². The van der Waals surface area contributed by atoms with Gasteiger partial charge in [0.1, 0.15) is 17.2 Å². The van der Waals surface area contributed by atoms with Crippen molar-refractivity contribution in [2.75, 3.05) is 5.32 Å². The highest BCUT2D eigenvalue weighted by Gasteiger charge is 2.24. The molecule has 120 valence electrons. The van der Waals surface area contributed by atoms with E-state index in [9.17, 15) is 18.4 Å². The minimum Gasteiger partial charge on any atom is -0.449 e. The van der Waals surface area contributed by atoms with Crippen molar-refractivity contribution in [2.45, 2.75) is 20.0 Å². The van der Waals surface area contributed by atoms with E-state index in [1.54, 1.807) is 25.1 Å². The Labute approximate surface area is 132 Å². The van der Waals surface area contributed by atoms with Gasteiger partial charge in [0.25, 0.3) is 5.91 Å². The Morgan fingerprint density at radius 2 is 1.65 bits per heavy atom. The number of carbonyl (C=O) groups excluding carboxylic acids is 2. The minimum absolute atomic E-state index is 0.567. The van der Waals surface area contributed by atoms with Gasteiger partial charge in [-0.25, -0.2) is 13.6 Å². The Morgan fingerprint density at radius 1 is 1.04 bits per heavy atom. The number of para-hydroxylation sites is 1. The van der Waals surface area contributed by atoms with Crippen LogP contribution in [0.2, 0.25) is 0 Å². The number of aryl methyl sites for hydroxylation is 1. The molecule has 0 fully saturated rings. The van der Waals surface area contributed by atoms with Crippen LogP contribution in [0.15, 0.2) is 42.5 Å². The number of rotatable bonds is 4. The van der Waals surface area contributed by atoms with E-state index in [0.717, 1.165) is 23.8 Å². The van der Waals surface area contributed by atoms with Crippen molar-refractivity contribution in [1.82, 2.24) is 0 Å². The van der Waals surface area contributed by atoms with Gasteiger partial charge in [0.15, 0.2) is 6.10 Å². The molecule has 23 heavy (non-hydrogen) atoms. The van der Waals surface area contributed by atoms with Crippen LogP contribution >= 0.6 is 0 Å². The summed E-state index contributed by atoms with van der Waals surface area (Å²) >= 11 is 0. The number of ether oxygens (including phenoxy) is 1. The molecule has 0 spiro atoms. The second-order valence-corrected chi connectivity index (χ2v) is 4.95. The van der Waals surface area contributed by atoms with E-state index < -0.39 is 35.2 Å². The summed E-state index contributed by atoms with van der Waals surface area (Å²) in [4.78, 5) is 23.9. The SMILES string of the molecule is Cc1ccccc1NC(=O)[C@@H](C)OC(=O)c1c(F)cccc1F. The summed E-state index contributed by atoms with van der Waals surface area (Å²) < 4.78 is 31.9. The first-order valence-corrected chi connectivity index (χ1v) is 6.91. The lowest BCUT2D eigenvalue weighted by Gasteiger charge is -2.15. The Balaban J connectivity index is 2.06. The molecule has 0 heterocycles. The van der Waals surface area contributed by atoms with E-state index in [-0.39, 0.29) is 0 Å². The third-order valence-corrected chi connectivity index (χ3v) is 3.22. The lowest BCUT2D eigenvalue weighted by atomic mass is 10.2. The number of carbonyl (C=O) groups is 2. The number of esters is 1. The molecule has 0 bridgehead atoms. The van der Waals surface area contributed by atoms with Crippen molar-refractivity contribution in [1.29, 1.82) is 0 Å². The maximum Gasteiger partial charge on any atom is 0.344 e. The van der Waals surface area contributed by atoms with Crippen LogP contribution in [-0.2, 0) is 9.53 Å². The van der Waals surface area contributed by atoms with Crippen LogP contribution in [0.4, 0.5) is 14.5 Å². The van der Waals surface area contributed by atoms with Gasteiger partial charge >= 0.3 is 5.97 Å². The highest BCUT2D eigenvalue weighted by molar-refractivity contribution is 5.97. The third kappa shape index (κ3) is 3.91. The van der Waals surface area contributed by atoms with E-state index in [2.05, 4.69) is 5.32 Å². The van der Waals surface area contributed by atoms with E-state index in [4.69, 9.17) is 4.74 Å². The van der Waals surface area contributed by atoms with Gasteiger partial charge in [-0.1, -0.05) is 24.3 Å². The maximum atomic E-state index is 13.5. The van der Waals surface area contributed by atoms with Crippen LogP contribution in [-0.4, -0.2) is 18.0 Å². The van der Waals surface area contributed by atoms with Crippen LogP contribution in [0, 0.1) is 18.6 Å². The van der Waals surface area contributed by atoms with E-state index in [1.807, 2.05) is 6.07 Å². The molecule has 4 nitrogen and oxygen atoms in total. The zero-order valence-electron chi connectivity index (χ0n) is 12.6. The largest absolute Gasteiger partial charge is 0.449 e. The summed E-state index contributed by atoms with van der Waals surface area (Å²) in [6, 6.07) is 10.1. The van der Waals surface area contributed by atoms with E-state index in [0.29, 0.717) is 5.69 Å². The number of benzene rings is 2. The summed E-state index contributed by atoms with van der Waals surface area (Å²) in [5.41, 5.74) is 0.583. The monoisotopic (exact) mass is 319 g/mol. The molecule has 0 unspecified atom stereocenters. The Bertz CT molecular complexity index is 726. The van der Waals surface area contributed by atoms with Gasteiger partial charge in [-0.2, -0.15) is 0 Å². The fraction of sp³-hybridized carbons (Fsp3) is 0.176. The highest BCUT2D eigenvalue weighted by atomic mass is 19.1. The van der Waals surface area contributed by atoms with Crippen molar-refractivity contribution >= 4 is 17.6 Å². The summed E-state index contributed by atoms with van der Waals surface area (Å²) in [6.45, 7) is 3.13. The average Bonchev–Trinajstić information content (AvgIpc) is 2.49. The molecule has 1 amide bonds. The number of anilines is 1. The summed E-state index contributed by atoms with van der Waals surface area (Å²) in [5, 5.41) is 2.59.